The molecule has 536 valence electrons. The Morgan fingerprint density at radius 2 is 1.15 bits per heavy atom. The first-order chi connectivity index (χ1) is 45.8. The van der Waals surface area contributed by atoms with Crippen molar-refractivity contribution >= 4 is 18.0 Å². The van der Waals surface area contributed by atoms with Crippen molar-refractivity contribution in [1.82, 2.24) is 4.98 Å². The topological polar surface area (TPSA) is 305 Å². The molecule has 5 saturated heterocycles. The van der Waals surface area contributed by atoms with Crippen LogP contribution in [-0.2, 0) is 85.3 Å². The molecule has 1 aromatic carbocycles. The third kappa shape index (κ3) is 13.8. The van der Waals surface area contributed by atoms with E-state index in [0.29, 0.717) is 38.5 Å². The van der Waals surface area contributed by atoms with E-state index in [-0.39, 0.29) is 43.8 Å². The summed E-state index contributed by atoms with van der Waals surface area (Å²) < 4.78 is 107. The lowest BCUT2D eigenvalue weighted by Crippen LogP contribution is -2.78. The summed E-state index contributed by atoms with van der Waals surface area (Å²) >= 11 is 0. The van der Waals surface area contributed by atoms with Crippen molar-refractivity contribution in [3.63, 3.8) is 0 Å². The Morgan fingerprint density at radius 3 is 1.66 bits per heavy atom. The number of esters is 2. The van der Waals surface area contributed by atoms with Crippen LogP contribution in [0.5, 0.6) is 0 Å². The van der Waals surface area contributed by atoms with Crippen molar-refractivity contribution in [3.05, 3.63) is 83.7 Å². The highest BCUT2D eigenvalue weighted by molar-refractivity contribution is 5.89. The number of aromatic nitrogens is 1. The predicted molar refractivity (Wildman–Crippen MR) is 340 cm³/mol. The standard InChI is InChI=1S/C71H103NO24/c1-37-58(74)64(84-13)59(75)66(89-37)96-63-41(5)88-57(34-50(63)83-12)95-62-40(4)87-56(33-49(62)82-11)94-61-39(3)86-55(32-48(61)81-10)93-60-38(2)85-54(31-47(60)80-9)91-46-24-25-67(7)45(30-46)23-26-70(78)51(67)35-52(92-53(73)22-21-43-18-15-14-16-19-43)68(8)69(77,27-28-71(68,70)79)42(6)90-65(76)44-20-17-29-72-36-44/h14-23,29,36-42,46-52,54-64,66,74-75,77-79H,24-28,30-35H2,1-13H3/t37-,38-,39-,40-,41-,42+,46+,47+,48+,49-,50-,51-,52-,54+,55+,56+,57+,58-,59-,60-,61-,62-,63-,64+,66+,67+,68-,69-,70+,71-/m1/s1. The summed E-state index contributed by atoms with van der Waals surface area (Å²) in [6.45, 7) is 14.6. The highest BCUT2D eigenvalue weighted by Crippen LogP contribution is 2.71. The van der Waals surface area contributed by atoms with Gasteiger partial charge in [0.25, 0.3) is 0 Å². The maximum atomic E-state index is 14.0. The molecule has 5 N–H and O–H groups in total. The zero-order valence-electron chi connectivity index (χ0n) is 57.6. The van der Waals surface area contributed by atoms with Gasteiger partial charge in [-0.3, -0.25) is 4.98 Å². The first-order valence-corrected chi connectivity index (χ1v) is 34.2. The van der Waals surface area contributed by atoms with E-state index in [2.05, 4.69) is 11.9 Å². The molecular formula is C71H103NO24. The first-order valence-electron chi connectivity index (χ1n) is 34.2. The van der Waals surface area contributed by atoms with E-state index in [1.54, 1.807) is 67.4 Å². The fraction of sp³-hybridized carbons (Fsp3) is 0.761. The summed E-state index contributed by atoms with van der Waals surface area (Å²) in [4.78, 5) is 31.6. The predicted octanol–water partition coefficient (Wildman–Crippen LogP) is 5.79. The Labute approximate surface area is 562 Å². The zero-order chi connectivity index (χ0) is 68.8. The van der Waals surface area contributed by atoms with Crippen LogP contribution < -0.4 is 0 Å². The number of hydrogen-bond acceptors (Lipinski definition) is 25. The van der Waals surface area contributed by atoms with Crippen molar-refractivity contribution < 1.29 is 116 Å². The number of benzene rings is 1. The second kappa shape index (κ2) is 29.9. The number of rotatable bonds is 21. The Hall–Kier alpha value is -4.01. The van der Waals surface area contributed by atoms with Gasteiger partial charge in [-0.2, -0.15) is 0 Å². The van der Waals surface area contributed by atoms with Crippen LogP contribution in [0.2, 0.25) is 0 Å². The van der Waals surface area contributed by atoms with E-state index in [1.165, 1.54) is 25.6 Å². The second-order valence-electron chi connectivity index (χ2n) is 28.4. The molecule has 0 amide bonds. The maximum absolute atomic E-state index is 14.0. The SMILES string of the molecule is CO[C@@H]1[C@@H](O)[C@H](O[C@@H]2[C@@H](C)O[C@@H](O[C@@H]3[C@@H](C)O[C@@H](O[C@H]4[C@@H](OC)C[C@H](O[C@H]5[C@@H](OC)C[C@H](O[C@H]6CC[C@@]7(C)C(=CC[C@]8(O)[C@@H]7C[C@@H](OC(=O)C=Cc7ccccc7)[C@@]7(C)[C@]8(O)CC[C@@]7(O)[C@H](C)OC(=O)c7cccnc7)C6)O[C@@H]5C)O[C@@H]4C)C[C@H]3OC)C[C@H]2OC)O[C@H](C)[C@H]1O. The van der Waals surface area contributed by atoms with Gasteiger partial charge in [0, 0.05) is 85.6 Å². The lowest BCUT2D eigenvalue weighted by molar-refractivity contribution is -0.358. The summed E-state index contributed by atoms with van der Waals surface area (Å²) in [5.74, 6) is -2.04. The maximum Gasteiger partial charge on any atom is 0.340 e. The van der Waals surface area contributed by atoms with E-state index in [1.807, 2.05) is 64.1 Å². The largest absolute Gasteiger partial charge is 0.458 e. The number of carbonyl (C=O) groups is 2. The molecule has 0 unspecified atom stereocenters. The summed E-state index contributed by atoms with van der Waals surface area (Å²) in [6.07, 6.45) is -5.71. The minimum atomic E-state index is -2.02. The molecule has 1 aromatic heterocycles. The summed E-state index contributed by atoms with van der Waals surface area (Å²) in [6, 6.07) is 12.5. The lowest BCUT2D eigenvalue weighted by atomic mass is 9.42. The minimum Gasteiger partial charge on any atom is -0.458 e. The van der Waals surface area contributed by atoms with E-state index in [9.17, 15) is 35.1 Å². The van der Waals surface area contributed by atoms with E-state index >= 15 is 0 Å². The smallest absolute Gasteiger partial charge is 0.340 e. The van der Waals surface area contributed by atoms with Gasteiger partial charge in [-0.15, -0.1) is 0 Å². The fourth-order valence-electron chi connectivity index (χ4n) is 17.7. The number of ether oxygens (including phenoxy) is 17. The molecule has 0 radical (unpaired) electrons. The van der Waals surface area contributed by atoms with Crippen LogP contribution in [0.15, 0.2) is 72.6 Å². The minimum absolute atomic E-state index is 0.0522. The molecular weight excluding hydrogens is 1250 g/mol. The van der Waals surface area contributed by atoms with Crippen LogP contribution in [0.4, 0.5) is 0 Å². The van der Waals surface area contributed by atoms with Gasteiger partial charge in [-0.1, -0.05) is 55.8 Å². The van der Waals surface area contributed by atoms with Gasteiger partial charge in [-0.05, 0) is 116 Å². The average Bonchev–Trinajstić information content (AvgIpc) is 1.38. The molecule has 2 aromatic rings. The summed E-state index contributed by atoms with van der Waals surface area (Å²) in [5.41, 5.74) is -6.20. The molecule has 25 heteroatoms. The molecule has 25 nitrogen and oxygen atoms in total. The van der Waals surface area contributed by atoms with Gasteiger partial charge < -0.3 is 106 Å². The number of aliphatic hydroxyl groups excluding tert-OH is 2. The van der Waals surface area contributed by atoms with Crippen molar-refractivity contribution in [1.29, 1.82) is 0 Å². The van der Waals surface area contributed by atoms with Gasteiger partial charge in [0.1, 0.15) is 71.7 Å². The van der Waals surface area contributed by atoms with Crippen molar-refractivity contribution in [2.45, 2.75) is 290 Å². The fourth-order valence-corrected chi connectivity index (χ4v) is 17.7. The van der Waals surface area contributed by atoms with Gasteiger partial charge in [-0.25, -0.2) is 9.59 Å². The van der Waals surface area contributed by atoms with E-state index < -0.39 is 187 Å². The molecule has 30 atom stereocenters. The highest BCUT2D eigenvalue weighted by Gasteiger charge is 2.81. The zero-order valence-corrected chi connectivity index (χ0v) is 57.6. The summed E-state index contributed by atoms with van der Waals surface area (Å²) in [5, 5.41) is 61.4. The van der Waals surface area contributed by atoms with Gasteiger partial charge >= 0.3 is 11.9 Å². The van der Waals surface area contributed by atoms with Gasteiger partial charge in [0.15, 0.2) is 31.5 Å². The number of carbonyl (C=O) groups excluding carboxylic acids is 2. The van der Waals surface area contributed by atoms with Gasteiger partial charge in [0.2, 0.25) is 0 Å². The molecule has 0 bridgehead atoms. The molecule has 96 heavy (non-hydrogen) atoms. The van der Waals surface area contributed by atoms with E-state index in [4.69, 9.17) is 80.5 Å². The van der Waals surface area contributed by atoms with Gasteiger partial charge in [0.05, 0.1) is 72.0 Å². The molecule has 9 aliphatic rings. The number of nitrogens with zero attached hydrogens (tertiary/aromatic N) is 1. The summed E-state index contributed by atoms with van der Waals surface area (Å²) in [7, 11) is 7.87. The number of aliphatic hydroxyl groups is 5. The Bertz CT molecular complexity index is 2990. The van der Waals surface area contributed by atoms with Crippen LogP contribution >= 0.6 is 0 Å². The average molecular weight is 1350 g/mol. The van der Waals surface area contributed by atoms with Crippen molar-refractivity contribution in [2.24, 2.45) is 16.7 Å². The van der Waals surface area contributed by atoms with Crippen LogP contribution in [0, 0.1) is 16.7 Å². The second-order valence-corrected chi connectivity index (χ2v) is 28.4. The molecule has 8 fully saturated rings. The van der Waals surface area contributed by atoms with Crippen molar-refractivity contribution in [2.75, 3.05) is 35.5 Å². The number of fused-ring (bicyclic) bond motifs is 5. The molecule has 4 aliphatic carbocycles. The highest BCUT2D eigenvalue weighted by atomic mass is 16.8. The van der Waals surface area contributed by atoms with Crippen LogP contribution in [0.1, 0.15) is 142 Å². The Balaban J connectivity index is 0.694. The molecule has 3 saturated carbocycles. The van der Waals surface area contributed by atoms with E-state index in [0.717, 1.165) is 11.1 Å². The molecule has 5 aliphatic heterocycles. The molecule has 0 spiro atoms. The van der Waals surface area contributed by atoms with Crippen LogP contribution in [0.25, 0.3) is 6.08 Å². The van der Waals surface area contributed by atoms with Crippen LogP contribution in [-0.4, -0.2) is 242 Å². The third-order valence-electron chi connectivity index (χ3n) is 23.2. The number of methoxy groups -OCH3 is 5. The number of pyridine rings is 1. The Kier molecular flexibility index (Phi) is 22.8. The third-order valence-corrected chi connectivity index (χ3v) is 23.2. The van der Waals surface area contributed by atoms with Crippen LogP contribution in [0.3, 0.4) is 0 Å². The Morgan fingerprint density at radius 1 is 0.615 bits per heavy atom. The quantitative estimate of drug-likeness (QED) is 0.0561. The molecule has 11 rings (SSSR count). The normalized spacial score (nSPS) is 46.0. The van der Waals surface area contributed by atoms with Crippen molar-refractivity contribution in [3.8, 4) is 0 Å². The lowest BCUT2D eigenvalue weighted by Gasteiger charge is -2.67. The number of hydrogen-bond donors (Lipinski definition) is 5. The molecule has 6 heterocycles. The monoisotopic (exact) mass is 1350 g/mol. The first kappa shape index (κ1) is 73.2.